The lowest BCUT2D eigenvalue weighted by Crippen LogP contribution is -2.49. The molecule has 0 N–H and O–H groups in total. The Hall–Kier alpha value is -1.59. The summed E-state index contributed by atoms with van der Waals surface area (Å²) in [4.78, 5) is 38.9. The van der Waals surface area contributed by atoms with Crippen molar-refractivity contribution in [3.8, 4) is 0 Å². The van der Waals surface area contributed by atoms with E-state index in [1.54, 1.807) is 0 Å². The topological polar surface area (TPSA) is 78.9 Å². The van der Waals surface area contributed by atoms with E-state index in [9.17, 15) is 14.4 Å². The van der Waals surface area contributed by atoms with E-state index < -0.39 is 40.6 Å². The van der Waals surface area contributed by atoms with Crippen molar-refractivity contribution in [2.45, 2.75) is 104 Å². The maximum Gasteiger partial charge on any atom is 0.324 e. The molecule has 5 atom stereocenters. The molecule has 6 heteroatoms. The van der Waals surface area contributed by atoms with E-state index in [1.165, 1.54) is 6.42 Å². The lowest BCUT2D eigenvalue weighted by molar-refractivity contribution is -0.181. The summed E-state index contributed by atoms with van der Waals surface area (Å²) in [6, 6.07) is 0. The van der Waals surface area contributed by atoms with Gasteiger partial charge in [0.25, 0.3) is 0 Å². The number of carbonyl (C=O) groups excluding carboxylic acids is 3. The van der Waals surface area contributed by atoms with Crippen LogP contribution in [0.1, 0.15) is 86.0 Å². The van der Waals surface area contributed by atoms with Crippen molar-refractivity contribution in [3.05, 3.63) is 0 Å². The Bertz CT molecular complexity index is 734. The number of carbonyl (C=O) groups is 3. The highest BCUT2D eigenvalue weighted by molar-refractivity contribution is 6.03. The molecule has 5 unspecified atom stereocenters. The number of ether oxygens (including phenoxy) is 3. The fraction of sp³-hybridized carbons (Fsp3) is 0.875. The molecular weight excluding hydrogens is 384 g/mol. The molecule has 30 heavy (non-hydrogen) atoms. The van der Waals surface area contributed by atoms with Crippen molar-refractivity contribution < 1.29 is 28.6 Å². The van der Waals surface area contributed by atoms with E-state index in [1.807, 2.05) is 34.6 Å². The van der Waals surface area contributed by atoms with E-state index in [0.29, 0.717) is 25.2 Å². The fourth-order valence-electron chi connectivity index (χ4n) is 6.07. The molecule has 3 aliphatic carbocycles. The standard InChI is InChI=1S/C24H36O6/c1-6-22(2,3)19(25)28-17-14-12-16-18(17)29-20(26)24(16,13-14)21(27)30-23(4,5)15-10-8-7-9-11-15/h14-18H,6-13H2,1-5H3. The van der Waals surface area contributed by atoms with Crippen LogP contribution in [0.4, 0.5) is 0 Å². The first-order chi connectivity index (χ1) is 14.0. The second kappa shape index (κ2) is 7.23. The second-order valence-corrected chi connectivity index (χ2v) is 11.1. The Labute approximate surface area is 179 Å². The molecule has 0 aromatic rings. The van der Waals surface area contributed by atoms with Crippen LogP contribution in [0, 0.1) is 28.6 Å². The monoisotopic (exact) mass is 420 g/mol. The van der Waals surface area contributed by atoms with Gasteiger partial charge in [-0.1, -0.05) is 26.2 Å². The highest BCUT2D eigenvalue weighted by atomic mass is 16.6. The normalized spacial score (nSPS) is 36.0. The minimum absolute atomic E-state index is 0.0339. The van der Waals surface area contributed by atoms with E-state index in [2.05, 4.69) is 0 Å². The van der Waals surface area contributed by atoms with Gasteiger partial charge in [0.2, 0.25) is 0 Å². The summed E-state index contributed by atoms with van der Waals surface area (Å²) in [6.45, 7) is 9.61. The Morgan fingerprint density at radius 1 is 1.13 bits per heavy atom. The molecular formula is C24H36O6. The molecule has 4 aliphatic rings. The molecule has 0 amide bonds. The summed E-state index contributed by atoms with van der Waals surface area (Å²) in [5.74, 6) is -1.16. The Morgan fingerprint density at radius 3 is 2.43 bits per heavy atom. The average molecular weight is 421 g/mol. The van der Waals surface area contributed by atoms with Gasteiger partial charge >= 0.3 is 17.9 Å². The van der Waals surface area contributed by atoms with Gasteiger partial charge in [-0.3, -0.25) is 14.4 Å². The van der Waals surface area contributed by atoms with Gasteiger partial charge in [-0.05, 0) is 65.7 Å². The van der Waals surface area contributed by atoms with Crippen LogP contribution in [-0.4, -0.2) is 35.7 Å². The molecule has 1 heterocycles. The summed E-state index contributed by atoms with van der Waals surface area (Å²) >= 11 is 0. The van der Waals surface area contributed by atoms with Crippen LogP contribution in [0.5, 0.6) is 0 Å². The summed E-state index contributed by atoms with van der Waals surface area (Å²) in [7, 11) is 0. The predicted molar refractivity (Wildman–Crippen MR) is 109 cm³/mol. The largest absolute Gasteiger partial charge is 0.459 e. The highest BCUT2D eigenvalue weighted by Gasteiger charge is 2.75. The molecule has 4 rings (SSSR count). The zero-order valence-electron chi connectivity index (χ0n) is 19.0. The van der Waals surface area contributed by atoms with E-state index in [0.717, 1.165) is 25.7 Å². The SMILES string of the molecule is CCC(C)(C)C(=O)OC1C2CC3C1OC(=O)C3(C(=O)OC(C)(C)C1CCCCC1)C2. The van der Waals surface area contributed by atoms with Crippen molar-refractivity contribution in [3.63, 3.8) is 0 Å². The first kappa shape index (κ1) is 21.6. The van der Waals surface area contributed by atoms with Gasteiger partial charge in [-0.15, -0.1) is 0 Å². The smallest absolute Gasteiger partial charge is 0.324 e. The van der Waals surface area contributed by atoms with Crippen molar-refractivity contribution in [1.29, 1.82) is 0 Å². The van der Waals surface area contributed by atoms with Gasteiger partial charge in [0, 0.05) is 11.8 Å². The minimum atomic E-state index is -1.22. The van der Waals surface area contributed by atoms with Crippen LogP contribution in [0.3, 0.4) is 0 Å². The average Bonchev–Trinajstić information content (AvgIpc) is 3.31. The van der Waals surface area contributed by atoms with Crippen LogP contribution < -0.4 is 0 Å². The van der Waals surface area contributed by atoms with E-state index in [-0.39, 0.29) is 17.8 Å². The Balaban J connectivity index is 1.49. The van der Waals surface area contributed by atoms with Crippen LogP contribution in [0.15, 0.2) is 0 Å². The zero-order valence-corrected chi connectivity index (χ0v) is 19.0. The molecule has 0 aromatic heterocycles. The maximum atomic E-state index is 13.4. The summed E-state index contributed by atoms with van der Waals surface area (Å²) in [5, 5.41) is 0. The van der Waals surface area contributed by atoms with Gasteiger partial charge in [0.1, 0.15) is 17.8 Å². The molecule has 0 spiro atoms. The summed E-state index contributed by atoms with van der Waals surface area (Å²) < 4.78 is 17.5. The van der Waals surface area contributed by atoms with Gasteiger partial charge in [-0.2, -0.15) is 0 Å². The first-order valence-corrected chi connectivity index (χ1v) is 11.7. The molecule has 1 aliphatic heterocycles. The maximum absolute atomic E-state index is 13.4. The van der Waals surface area contributed by atoms with Gasteiger partial charge in [0.05, 0.1) is 5.41 Å². The van der Waals surface area contributed by atoms with E-state index in [4.69, 9.17) is 14.2 Å². The molecule has 6 nitrogen and oxygen atoms in total. The number of hydrogen-bond donors (Lipinski definition) is 0. The minimum Gasteiger partial charge on any atom is -0.459 e. The molecule has 0 radical (unpaired) electrons. The van der Waals surface area contributed by atoms with Crippen molar-refractivity contribution in [2.24, 2.45) is 28.6 Å². The van der Waals surface area contributed by atoms with Crippen LogP contribution in [0.25, 0.3) is 0 Å². The van der Waals surface area contributed by atoms with Crippen molar-refractivity contribution >= 4 is 17.9 Å². The lowest BCUT2D eigenvalue weighted by atomic mass is 9.72. The van der Waals surface area contributed by atoms with Crippen LogP contribution in [0.2, 0.25) is 0 Å². The highest BCUT2D eigenvalue weighted by Crippen LogP contribution is 2.63. The number of fused-ring (bicyclic) bond motifs is 1. The molecule has 168 valence electrons. The number of esters is 3. The lowest BCUT2D eigenvalue weighted by Gasteiger charge is -2.39. The fourth-order valence-corrected chi connectivity index (χ4v) is 6.07. The quantitative estimate of drug-likeness (QED) is 0.364. The van der Waals surface area contributed by atoms with Crippen LogP contribution >= 0.6 is 0 Å². The molecule has 1 saturated heterocycles. The Morgan fingerprint density at radius 2 is 1.80 bits per heavy atom. The second-order valence-electron chi connectivity index (χ2n) is 11.1. The van der Waals surface area contributed by atoms with Gasteiger partial charge in [0.15, 0.2) is 5.41 Å². The number of hydrogen-bond acceptors (Lipinski definition) is 6. The van der Waals surface area contributed by atoms with Gasteiger partial charge in [-0.25, -0.2) is 0 Å². The Kier molecular flexibility index (Phi) is 5.22. The summed E-state index contributed by atoms with van der Waals surface area (Å²) in [6.07, 6.45) is 6.37. The zero-order chi connectivity index (χ0) is 21.9. The molecule has 0 aromatic carbocycles. The van der Waals surface area contributed by atoms with Crippen molar-refractivity contribution in [2.75, 3.05) is 0 Å². The van der Waals surface area contributed by atoms with Crippen molar-refractivity contribution in [1.82, 2.24) is 0 Å². The third-order valence-electron chi connectivity index (χ3n) is 8.55. The third kappa shape index (κ3) is 3.16. The van der Waals surface area contributed by atoms with E-state index >= 15 is 0 Å². The molecule has 4 fully saturated rings. The molecule has 3 saturated carbocycles. The molecule has 2 bridgehead atoms. The number of rotatable bonds is 6. The predicted octanol–water partition coefficient (Wildman–Crippen LogP) is 4.19. The first-order valence-electron chi connectivity index (χ1n) is 11.7. The third-order valence-corrected chi connectivity index (χ3v) is 8.55. The summed E-state index contributed by atoms with van der Waals surface area (Å²) in [5.41, 5.74) is -2.39. The van der Waals surface area contributed by atoms with Crippen LogP contribution in [-0.2, 0) is 28.6 Å². The van der Waals surface area contributed by atoms with Gasteiger partial charge < -0.3 is 14.2 Å².